The Balaban J connectivity index is 1.65. The number of nitrogens with one attached hydrogen (secondary N) is 1. The minimum Gasteiger partial charge on any atom is -0.494 e. The molecule has 0 saturated heterocycles. The molecule has 1 atom stereocenters. The molecule has 0 amide bonds. The molecule has 0 fully saturated rings. The fourth-order valence-electron chi connectivity index (χ4n) is 2.79. The van der Waals surface area contributed by atoms with Gasteiger partial charge in [0, 0.05) is 13.0 Å². The van der Waals surface area contributed by atoms with Gasteiger partial charge in [-0.2, -0.15) is 5.26 Å². The van der Waals surface area contributed by atoms with E-state index in [1.54, 1.807) is 6.26 Å². The van der Waals surface area contributed by atoms with Crippen LogP contribution in [-0.2, 0) is 6.54 Å². The molecule has 0 aliphatic heterocycles. The lowest BCUT2D eigenvalue weighted by Gasteiger charge is -2.17. The summed E-state index contributed by atoms with van der Waals surface area (Å²) in [6, 6.07) is 24.3. The average Bonchev–Trinajstić information content (AvgIpc) is 3.21. The monoisotopic (exact) mass is 346 g/mol. The normalized spacial score (nSPS) is 11.7. The van der Waals surface area contributed by atoms with Gasteiger partial charge in [0.25, 0.3) is 0 Å². The fourth-order valence-corrected chi connectivity index (χ4v) is 2.79. The molecule has 1 aromatic heterocycles. The molecule has 4 heteroatoms. The molecule has 0 bridgehead atoms. The molecule has 0 aliphatic rings. The summed E-state index contributed by atoms with van der Waals surface area (Å²) in [5.74, 6) is 1.72. The Morgan fingerprint density at radius 1 is 1.04 bits per heavy atom. The number of nitriles is 1. The third-order valence-corrected chi connectivity index (χ3v) is 4.07. The van der Waals surface area contributed by atoms with Crippen LogP contribution in [0, 0.1) is 11.3 Å². The summed E-state index contributed by atoms with van der Waals surface area (Å²) in [6.07, 6.45) is 2.96. The lowest BCUT2D eigenvalue weighted by atomic mass is 10.0. The Morgan fingerprint density at radius 3 is 2.69 bits per heavy atom. The van der Waals surface area contributed by atoms with Crippen LogP contribution in [0.2, 0.25) is 0 Å². The van der Waals surface area contributed by atoms with Crippen LogP contribution in [0.1, 0.15) is 35.8 Å². The largest absolute Gasteiger partial charge is 0.494 e. The van der Waals surface area contributed by atoms with Crippen molar-refractivity contribution in [2.75, 3.05) is 6.61 Å². The molecule has 0 saturated carbocycles. The molecule has 1 N–H and O–H groups in total. The van der Waals surface area contributed by atoms with Gasteiger partial charge in [0.1, 0.15) is 11.5 Å². The van der Waals surface area contributed by atoms with E-state index >= 15 is 0 Å². The SMILES string of the molecule is N#CCCCOc1cccc(CN[C@H](c2ccccc2)c2ccco2)c1. The van der Waals surface area contributed by atoms with Crippen LogP contribution in [0.5, 0.6) is 5.75 Å². The van der Waals surface area contributed by atoms with Crippen LogP contribution in [0.4, 0.5) is 0 Å². The second-order valence-electron chi connectivity index (χ2n) is 6.00. The van der Waals surface area contributed by atoms with E-state index in [4.69, 9.17) is 14.4 Å². The molecule has 0 unspecified atom stereocenters. The van der Waals surface area contributed by atoms with Gasteiger partial charge < -0.3 is 9.15 Å². The van der Waals surface area contributed by atoms with Crippen molar-refractivity contribution in [2.45, 2.75) is 25.4 Å². The first-order chi connectivity index (χ1) is 12.9. The second kappa shape index (κ2) is 9.45. The van der Waals surface area contributed by atoms with E-state index in [0.29, 0.717) is 19.6 Å². The van der Waals surface area contributed by atoms with Crippen molar-refractivity contribution in [1.82, 2.24) is 5.32 Å². The zero-order chi connectivity index (χ0) is 18.0. The topological polar surface area (TPSA) is 58.2 Å². The van der Waals surface area contributed by atoms with Gasteiger partial charge in [-0.3, -0.25) is 5.32 Å². The summed E-state index contributed by atoms with van der Waals surface area (Å²) in [6.45, 7) is 1.25. The van der Waals surface area contributed by atoms with Crippen molar-refractivity contribution < 1.29 is 9.15 Å². The second-order valence-corrected chi connectivity index (χ2v) is 6.00. The highest BCUT2D eigenvalue weighted by atomic mass is 16.5. The predicted molar refractivity (Wildman–Crippen MR) is 101 cm³/mol. The van der Waals surface area contributed by atoms with Crippen LogP contribution in [0.3, 0.4) is 0 Å². The lowest BCUT2D eigenvalue weighted by Crippen LogP contribution is -2.21. The highest BCUT2D eigenvalue weighted by Crippen LogP contribution is 2.23. The lowest BCUT2D eigenvalue weighted by molar-refractivity contribution is 0.312. The van der Waals surface area contributed by atoms with Gasteiger partial charge in [-0.25, -0.2) is 0 Å². The molecule has 1 heterocycles. The zero-order valence-electron chi connectivity index (χ0n) is 14.6. The van der Waals surface area contributed by atoms with Crippen molar-refractivity contribution in [3.05, 3.63) is 89.9 Å². The molecule has 0 aliphatic carbocycles. The summed E-state index contributed by atoms with van der Waals surface area (Å²) >= 11 is 0. The van der Waals surface area contributed by atoms with Gasteiger partial charge in [-0.15, -0.1) is 0 Å². The molecule has 132 valence electrons. The van der Waals surface area contributed by atoms with Crippen molar-refractivity contribution in [1.29, 1.82) is 5.26 Å². The summed E-state index contributed by atoms with van der Waals surface area (Å²) < 4.78 is 11.3. The maximum Gasteiger partial charge on any atom is 0.125 e. The van der Waals surface area contributed by atoms with Crippen molar-refractivity contribution in [3.63, 3.8) is 0 Å². The number of furan rings is 1. The van der Waals surface area contributed by atoms with Gasteiger partial charge in [-0.05, 0) is 41.8 Å². The van der Waals surface area contributed by atoms with Crippen LogP contribution in [0.15, 0.2) is 77.4 Å². The Kier molecular flexibility index (Phi) is 6.46. The average molecular weight is 346 g/mol. The zero-order valence-corrected chi connectivity index (χ0v) is 14.6. The van der Waals surface area contributed by atoms with E-state index in [1.807, 2.05) is 48.5 Å². The first kappa shape index (κ1) is 17.8. The molecule has 0 radical (unpaired) electrons. The highest BCUT2D eigenvalue weighted by Gasteiger charge is 2.16. The van der Waals surface area contributed by atoms with Crippen LogP contribution >= 0.6 is 0 Å². The minimum absolute atomic E-state index is 0.00796. The van der Waals surface area contributed by atoms with E-state index < -0.39 is 0 Å². The van der Waals surface area contributed by atoms with Crippen molar-refractivity contribution in [3.8, 4) is 11.8 Å². The van der Waals surface area contributed by atoms with Crippen LogP contribution < -0.4 is 10.1 Å². The first-order valence-electron chi connectivity index (χ1n) is 8.77. The van der Waals surface area contributed by atoms with Gasteiger partial charge in [0.15, 0.2) is 0 Å². The number of hydrogen-bond donors (Lipinski definition) is 1. The van der Waals surface area contributed by atoms with Crippen molar-refractivity contribution >= 4 is 0 Å². The fraction of sp³-hybridized carbons (Fsp3) is 0.227. The van der Waals surface area contributed by atoms with Crippen molar-refractivity contribution in [2.24, 2.45) is 0 Å². The van der Waals surface area contributed by atoms with Gasteiger partial charge in [0.2, 0.25) is 0 Å². The van der Waals surface area contributed by atoms with Crippen LogP contribution in [-0.4, -0.2) is 6.61 Å². The van der Waals surface area contributed by atoms with Crippen LogP contribution in [0.25, 0.3) is 0 Å². The molecular weight excluding hydrogens is 324 g/mol. The van der Waals surface area contributed by atoms with Gasteiger partial charge >= 0.3 is 0 Å². The van der Waals surface area contributed by atoms with E-state index in [0.717, 1.165) is 29.1 Å². The molecular formula is C22H22N2O2. The quantitative estimate of drug-likeness (QED) is 0.563. The Labute approximate surface area is 154 Å². The minimum atomic E-state index is -0.00796. The Morgan fingerprint density at radius 2 is 1.92 bits per heavy atom. The maximum absolute atomic E-state index is 8.58. The molecule has 3 rings (SSSR count). The maximum atomic E-state index is 8.58. The Bertz CT molecular complexity index is 823. The number of nitrogens with zero attached hydrogens (tertiary/aromatic N) is 1. The van der Waals surface area contributed by atoms with Gasteiger partial charge in [-0.1, -0.05) is 42.5 Å². The van der Waals surface area contributed by atoms with E-state index in [1.165, 1.54) is 0 Å². The standard InChI is InChI=1S/C22H22N2O2/c23-13-4-5-14-25-20-11-6-8-18(16-20)17-24-22(21-12-7-15-26-21)19-9-2-1-3-10-19/h1-3,6-12,15-16,22,24H,4-5,14,17H2/t22-/m1/s1. The molecule has 3 aromatic rings. The number of hydrogen-bond acceptors (Lipinski definition) is 4. The number of unbranched alkanes of at least 4 members (excludes halogenated alkanes) is 1. The third-order valence-electron chi connectivity index (χ3n) is 4.07. The number of rotatable bonds is 9. The first-order valence-corrected chi connectivity index (χ1v) is 8.77. The summed E-state index contributed by atoms with van der Waals surface area (Å²) in [4.78, 5) is 0. The summed E-state index contributed by atoms with van der Waals surface area (Å²) in [7, 11) is 0. The van der Waals surface area contributed by atoms with Gasteiger partial charge in [0.05, 0.1) is 25.0 Å². The number of ether oxygens (including phenoxy) is 1. The molecule has 4 nitrogen and oxygen atoms in total. The summed E-state index contributed by atoms with van der Waals surface area (Å²) in [5, 5.41) is 12.1. The molecule has 2 aromatic carbocycles. The molecule has 0 spiro atoms. The Hall–Kier alpha value is -3.03. The summed E-state index contributed by atoms with van der Waals surface area (Å²) in [5.41, 5.74) is 2.29. The van der Waals surface area contributed by atoms with E-state index in [9.17, 15) is 0 Å². The van der Waals surface area contributed by atoms with E-state index in [-0.39, 0.29) is 6.04 Å². The third kappa shape index (κ3) is 4.98. The highest BCUT2D eigenvalue weighted by molar-refractivity contribution is 5.30. The molecule has 26 heavy (non-hydrogen) atoms. The smallest absolute Gasteiger partial charge is 0.125 e. The predicted octanol–water partition coefficient (Wildman–Crippen LogP) is 4.84. The van der Waals surface area contributed by atoms with E-state index in [2.05, 4.69) is 29.6 Å². The number of benzene rings is 2.